The van der Waals surface area contributed by atoms with Crippen molar-refractivity contribution in [1.29, 1.82) is 0 Å². The van der Waals surface area contributed by atoms with Crippen molar-refractivity contribution in [2.75, 3.05) is 5.88 Å². The van der Waals surface area contributed by atoms with Gasteiger partial charge in [-0.25, -0.2) is 0 Å². The molecule has 0 aliphatic rings. The fourth-order valence-corrected chi connectivity index (χ4v) is 1.79. The number of hydrogen-bond donors (Lipinski definition) is 1. The number of amides is 1. The molecule has 0 saturated heterocycles. The first-order valence-electron chi connectivity index (χ1n) is 4.39. The second-order valence-electron chi connectivity index (χ2n) is 3.88. The molecule has 78 valence electrons. The van der Waals surface area contributed by atoms with Gasteiger partial charge in [0.05, 0.1) is 4.88 Å². The summed E-state index contributed by atoms with van der Waals surface area (Å²) in [5, 5.41) is 2.88. The summed E-state index contributed by atoms with van der Waals surface area (Å²) in [6.07, 6.45) is 0. The minimum atomic E-state index is -0.351. The highest BCUT2D eigenvalue weighted by atomic mass is 35.5. The number of carbonyl (C=O) groups is 1. The SMILES string of the molecule is Cc1ccc(C(=O)NC(C)(C)CCl)s1. The maximum absolute atomic E-state index is 11.7. The largest absolute Gasteiger partial charge is 0.345 e. The third-order valence-corrected chi connectivity index (χ3v) is 3.42. The van der Waals surface area contributed by atoms with Crippen molar-refractivity contribution in [2.24, 2.45) is 0 Å². The molecule has 0 aliphatic heterocycles. The van der Waals surface area contributed by atoms with Crippen molar-refractivity contribution in [3.05, 3.63) is 21.9 Å². The van der Waals surface area contributed by atoms with E-state index in [1.807, 2.05) is 32.9 Å². The van der Waals surface area contributed by atoms with Crippen LogP contribution in [0, 0.1) is 6.92 Å². The van der Waals surface area contributed by atoms with E-state index in [1.54, 1.807) is 0 Å². The number of alkyl halides is 1. The Morgan fingerprint density at radius 2 is 2.21 bits per heavy atom. The van der Waals surface area contributed by atoms with Crippen LogP contribution in [0.5, 0.6) is 0 Å². The molecule has 1 aromatic heterocycles. The molecule has 0 saturated carbocycles. The molecular weight excluding hydrogens is 218 g/mol. The Labute approximate surface area is 93.3 Å². The lowest BCUT2D eigenvalue weighted by Gasteiger charge is -2.22. The quantitative estimate of drug-likeness (QED) is 0.797. The molecule has 1 rings (SSSR count). The van der Waals surface area contributed by atoms with Crippen LogP contribution >= 0.6 is 22.9 Å². The highest BCUT2D eigenvalue weighted by Crippen LogP contribution is 2.16. The van der Waals surface area contributed by atoms with Gasteiger partial charge in [0.2, 0.25) is 0 Å². The van der Waals surface area contributed by atoms with E-state index in [4.69, 9.17) is 11.6 Å². The lowest BCUT2D eigenvalue weighted by atomic mass is 10.1. The second kappa shape index (κ2) is 4.32. The van der Waals surface area contributed by atoms with Crippen LogP contribution in [0.4, 0.5) is 0 Å². The van der Waals surface area contributed by atoms with Crippen LogP contribution in [0.3, 0.4) is 0 Å². The molecule has 1 aromatic rings. The average Bonchev–Trinajstić information content (AvgIpc) is 2.51. The molecular formula is C10H14ClNOS. The van der Waals surface area contributed by atoms with Crippen LogP contribution < -0.4 is 5.32 Å². The van der Waals surface area contributed by atoms with Crippen molar-refractivity contribution in [1.82, 2.24) is 5.32 Å². The van der Waals surface area contributed by atoms with Crippen LogP contribution in [-0.2, 0) is 0 Å². The van der Waals surface area contributed by atoms with Gasteiger partial charge in [-0.15, -0.1) is 22.9 Å². The lowest BCUT2D eigenvalue weighted by Crippen LogP contribution is -2.44. The molecule has 1 heterocycles. The summed E-state index contributed by atoms with van der Waals surface area (Å²) in [6.45, 7) is 5.78. The molecule has 2 nitrogen and oxygen atoms in total. The fourth-order valence-electron chi connectivity index (χ4n) is 0.959. The minimum Gasteiger partial charge on any atom is -0.345 e. The predicted octanol–water partition coefficient (Wildman–Crippen LogP) is 2.80. The maximum Gasteiger partial charge on any atom is 0.261 e. The summed E-state index contributed by atoms with van der Waals surface area (Å²) < 4.78 is 0. The molecule has 0 spiro atoms. The molecule has 0 aliphatic carbocycles. The number of hydrogen-bond acceptors (Lipinski definition) is 2. The van der Waals surface area contributed by atoms with Gasteiger partial charge in [-0.2, -0.15) is 0 Å². The van der Waals surface area contributed by atoms with Crippen molar-refractivity contribution in [2.45, 2.75) is 26.3 Å². The van der Waals surface area contributed by atoms with Crippen LogP contribution in [0.1, 0.15) is 28.4 Å². The van der Waals surface area contributed by atoms with Gasteiger partial charge in [0.1, 0.15) is 0 Å². The van der Waals surface area contributed by atoms with Crippen LogP contribution in [0.15, 0.2) is 12.1 Å². The third-order valence-electron chi connectivity index (χ3n) is 1.75. The summed E-state index contributed by atoms with van der Waals surface area (Å²) in [4.78, 5) is 13.5. The molecule has 1 amide bonds. The van der Waals surface area contributed by atoms with Gasteiger partial charge in [-0.1, -0.05) is 0 Å². The number of carbonyl (C=O) groups excluding carboxylic acids is 1. The molecule has 0 bridgehead atoms. The third kappa shape index (κ3) is 3.00. The van der Waals surface area contributed by atoms with Crippen LogP contribution in [-0.4, -0.2) is 17.3 Å². The zero-order valence-electron chi connectivity index (χ0n) is 8.56. The van der Waals surface area contributed by atoms with Crippen molar-refractivity contribution < 1.29 is 4.79 Å². The number of thiophene rings is 1. The number of nitrogens with one attached hydrogen (secondary N) is 1. The minimum absolute atomic E-state index is 0.0475. The van der Waals surface area contributed by atoms with Gasteiger partial charge in [0, 0.05) is 16.3 Å². The second-order valence-corrected chi connectivity index (χ2v) is 5.44. The standard InChI is InChI=1S/C10H14ClNOS/c1-7-4-5-8(14-7)9(13)12-10(2,3)6-11/h4-5H,6H2,1-3H3,(H,12,13). The highest BCUT2D eigenvalue weighted by molar-refractivity contribution is 7.13. The maximum atomic E-state index is 11.7. The Morgan fingerprint density at radius 1 is 1.57 bits per heavy atom. The van der Waals surface area contributed by atoms with Gasteiger partial charge in [0.25, 0.3) is 5.91 Å². The molecule has 0 aromatic carbocycles. The highest BCUT2D eigenvalue weighted by Gasteiger charge is 2.20. The van der Waals surface area contributed by atoms with Gasteiger partial charge < -0.3 is 5.32 Å². The van der Waals surface area contributed by atoms with Crippen molar-refractivity contribution in [3.63, 3.8) is 0 Å². The molecule has 0 fully saturated rings. The Kier molecular flexibility index (Phi) is 3.56. The number of halogens is 1. The molecule has 0 atom stereocenters. The zero-order valence-corrected chi connectivity index (χ0v) is 10.1. The first kappa shape index (κ1) is 11.5. The topological polar surface area (TPSA) is 29.1 Å². The summed E-state index contributed by atoms with van der Waals surface area (Å²) in [5.74, 6) is 0.358. The van der Waals surface area contributed by atoms with E-state index in [-0.39, 0.29) is 11.4 Å². The lowest BCUT2D eigenvalue weighted by molar-refractivity contribution is 0.0924. The average molecular weight is 232 g/mol. The van der Waals surface area contributed by atoms with Gasteiger partial charge in [-0.3, -0.25) is 4.79 Å². The van der Waals surface area contributed by atoms with Gasteiger partial charge in [0.15, 0.2) is 0 Å². The molecule has 0 radical (unpaired) electrons. The normalized spacial score (nSPS) is 11.4. The van der Waals surface area contributed by atoms with Crippen LogP contribution in [0.2, 0.25) is 0 Å². The van der Waals surface area contributed by atoms with Crippen molar-refractivity contribution >= 4 is 28.8 Å². The van der Waals surface area contributed by atoms with E-state index in [0.29, 0.717) is 5.88 Å². The Morgan fingerprint density at radius 3 is 2.64 bits per heavy atom. The first-order chi connectivity index (χ1) is 6.44. The zero-order chi connectivity index (χ0) is 10.8. The first-order valence-corrected chi connectivity index (χ1v) is 5.74. The summed E-state index contributed by atoms with van der Waals surface area (Å²) in [6, 6.07) is 3.77. The van der Waals surface area contributed by atoms with Gasteiger partial charge >= 0.3 is 0 Å². The van der Waals surface area contributed by atoms with E-state index in [1.165, 1.54) is 11.3 Å². The molecule has 1 N–H and O–H groups in total. The fraction of sp³-hybridized carbons (Fsp3) is 0.500. The molecule has 4 heteroatoms. The smallest absolute Gasteiger partial charge is 0.261 e. The summed E-state index contributed by atoms with van der Waals surface area (Å²) in [7, 11) is 0. The molecule has 14 heavy (non-hydrogen) atoms. The molecule has 0 unspecified atom stereocenters. The van der Waals surface area contributed by atoms with E-state index in [9.17, 15) is 4.79 Å². The Bertz CT molecular complexity index is 333. The van der Waals surface area contributed by atoms with E-state index in [0.717, 1.165) is 9.75 Å². The van der Waals surface area contributed by atoms with Crippen molar-refractivity contribution in [3.8, 4) is 0 Å². The summed E-state index contributed by atoms with van der Waals surface area (Å²) in [5.41, 5.74) is -0.351. The van der Waals surface area contributed by atoms with E-state index < -0.39 is 0 Å². The number of rotatable bonds is 3. The Hall–Kier alpha value is -0.540. The number of aryl methyl sites for hydroxylation is 1. The Balaban J connectivity index is 2.68. The van der Waals surface area contributed by atoms with Crippen LogP contribution in [0.25, 0.3) is 0 Å². The predicted molar refractivity (Wildman–Crippen MR) is 61.3 cm³/mol. The van der Waals surface area contributed by atoms with Gasteiger partial charge in [-0.05, 0) is 32.9 Å². The monoisotopic (exact) mass is 231 g/mol. The van der Waals surface area contributed by atoms with E-state index in [2.05, 4.69) is 5.32 Å². The van der Waals surface area contributed by atoms with E-state index >= 15 is 0 Å². The summed E-state index contributed by atoms with van der Waals surface area (Å²) >= 11 is 7.21.